The third kappa shape index (κ3) is 3.96. The Labute approximate surface area is 94.6 Å². The summed E-state index contributed by atoms with van der Waals surface area (Å²) in [6.07, 6.45) is -0.769. The molecule has 1 saturated heterocycles. The van der Waals surface area contributed by atoms with Gasteiger partial charge in [0.15, 0.2) is 0 Å². The maximum atomic E-state index is 11.3. The first-order chi connectivity index (χ1) is 7.49. The number of amides is 2. The Morgan fingerprint density at radius 3 is 2.75 bits per heavy atom. The fourth-order valence-electron chi connectivity index (χ4n) is 1.50. The number of nitrogens with one attached hydrogen (secondary N) is 1. The molecule has 2 amide bonds. The highest BCUT2D eigenvalue weighted by atomic mass is 16.5. The Kier molecular flexibility index (Phi) is 4.39. The van der Waals surface area contributed by atoms with Gasteiger partial charge in [0.2, 0.25) is 0 Å². The van der Waals surface area contributed by atoms with Gasteiger partial charge in [0.25, 0.3) is 0 Å². The molecule has 0 aromatic heterocycles. The zero-order valence-corrected chi connectivity index (χ0v) is 9.60. The van der Waals surface area contributed by atoms with Crippen LogP contribution in [0.1, 0.15) is 20.3 Å². The van der Waals surface area contributed by atoms with Gasteiger partial charge in [-0.2, -0.15) is 0 Å². The zero-order valence-electron chi connectivity index (χ0n) is 9.60. The molecule has 1 aliphatic rings. The van der Waals surface area contributed by atoms with E-state index in [-0.39, 0.29) is 6.04 Å². The van der Waals surface area contributed by atoms with Crippen LogP contribution in [0, 0.1) is 5.92 Å². The Hall–Kier alpha value is -1.46. The van der Waals surface area contributed by atoms with Crippen LogP contribution in [0.4, 0.5) is 9.59 Å². The summed E-state index contributed by atoms with van der Waals surface area (Å²) in [6.45, 7) is 5.09. The first-order valence-corrected chi connectivity index (χ1v) is 5.40. The highest BCUT2D eigenvalue weighted by molar-refractivity contribution is 5.68. The molecule has 6 nitrogen and oxygen atoms in total. The number of carbonyl (C=O) groups excluding carboxylic acids is 1. The molecule has 0 spiro atoms. The van der Waals surface area contributed by atoms with Gasteiger partial charge in [-0.3, -0.25) is 0 Å². The van der Waals surface area contributed by atoms with Crippen LogP contribution in [0.15, 0.2) is 0 Å². The number of rotatable bonds is 3. The third-order valence-electron chi connectivity index (χ3n) is 2.33. The van der Waals surface area contributed by atoms with E-state index in [1.54, 1.807) is 0 Å². The molecule has 0 radical (unpaired) electrons. The number of hydrogen-bond donors (Lipinski definition) is 2. The van der Waals surface area contributed by atoms with Crippen LogP contribution in [0.5, 0.6) is 0 Å². The summed E-state index contributed by atoms with van der Waals surface area (Å²) < 4.78 is 4.95. The highest BCUT2D eigenvalue weighted by Gasteiger charge is 2.27. The van der Waals surface area contributed by atoms with Gasteiger partial charge in [-0.15, -0.1) is 0 Å². The summed E-state index contributed by atoms with van der Waals surface area (Å²) in [5.74, 6) is 0.296. The standard InChI is InChI=1S/C10H18N2O4/c1-7(2)6-16-9(13)11-8-3-4-12(5-8)10(14)15/h7-8H,3-6H2,1-2H3,(H,11,13)(H,14,15)/t8-/m1/s1. The van der Waals surface area contributed by atoms with Crippen molar-refractivity contribution in [3.63, 3.8) is 0 Å². The number of carbonyl (C=O) groups is 2. The lowest BCUT2D eigenvalue weighted by atomic mass is 10.2. The molecule has 1 fully saturated rings. The SMILES string of the molecule is CC(C)COC(=O)N[C@@H]1CCN(C(=O)O)C1. The van der Waals surface area contributed by atoms with Crippen molar-refractivity contribution in [2.75, 3.05) is 19.7 Å². The van der Waals surface area contributed by atoms with Crippen LogP contribution < -0.4 is 5.32 Å². The van der Waals surface area contributed by atoms with E-state index >= 15 is 0 Å². The number of ether oxygens (including phenoxy) is 1. The van der Waals surface area contributed by atoms with Crippen molar-refractivity contribution in [3.05, 3.63) is 0 Å². The monoisotopic (exact) mass is 230 g/mol. The Balaban J connectivity index is 2.23. The summed E-state index contributed by atoms with van der Waals surface area (Å²) in [6, 6.07) is -0.129. The van der Waals surface area contributed by atoms with E-state index in [2.05, 4.69) is 5.32 Å². The van der Waals surface area contributed by atoms with E-state index in [0.29, 0.717) is 32.0 Å². The van der Waals surface area contributed by atoms with E-state index in [0.717, 1.165) is 0 Å². The van der Waals surface area contributed by atoms with E-state index in [1.165, 1.54) is 4.90 Å². The minimum absolute atomic E-state index is 0.129. The zero-order chi connectivity index (χ0) is 12.1. The van der Waals surface area contributed by atoms with Crippen LogP contribution in [0.2, 0.25) is 0 Å². The quantitative estimate of drug-likeness (QED) is 0.761. The molecule has 1 aliphatic heterocycles. The predicted molar refractivity (Wildman–Crippen MR) is 57.3 cm³/mol. The Morgan fingerprint density at radius 2 is 2.25 bits per heavy atom. The van der Waals surface area contributed by atoms with Crippen molar-refractivity contribution in [1.29, 1.82) is 0 Å². The van der Waals surface area contributed by atoms with Crippen molar-refractivity contribution < 1.29 is 19.4 Å². The van der Waals surface area contributed by atoms with E-state index in [9.17, 15) is 9.59 Å². The van der Waals surface area contributed by atoms with E-state index in [1.807, 2.05) is 13.8 Å². The molecule has 92 valence electrons. The normalized spacial score (nSPS) is 19.9. The topological polar surface area (TPSA) is 78.9 Å². The van der Waals surface area contributed by atoms with Crippen molar-refractivity contribution in [2.24, 2.45) is 5.92 Å². The van der Waals surface area contributed by atoms with Gasteiger partial charge in [0, 0.05) is 13.1 Å². The van der Waals surface area contributed by atoms with Gasteiger partial charge < -0.3 is 20.1 Å². The van der Waals surface area contributed by atoms with Crippen LogP contribution in [-0.4, -0.2) is 47.9 Å². The van der Waals surface area contributed by atoms with E-state index in [4.69, 9.17) is 9.84 Å². The van der Waals surface area contributed by atoms with Gasteiger partial charge in [-0.25, -0.2) is 9.59 Å². The first kappa shape index (κ1) is 12.6. The maximum absolute atomic E-state index is 11.3. The summed E-state index contributed by atoms with van der Waals surface area (Å²) in [7, 11) is 0. The number of alkyl carbamates (subject to hydrolysis) is 1. The number of likely N-dealkylation sites (tertiary alicyclic amines) is 1. The average molecular weight is 230 g/mol. The summed E-state index contributed by atoms with van der Waals surface area (Å²) in [4.78, 5) is 23.2. The molecule has 2 N–H and O–H groups in total. The minimum atomic E-state index is -0.945. The second-order valence-corrected chi connectivity index (χ2v) is 4.35. The van der Waals surface area contributed by atoms with Gasteiger partial charge in [-0.1, -0.05) is 13.8 Å². The highest BCUT2D eigenvalue weighted by Crippen LogP contribution is 2.09. The smallest absolute Gasteiger partial charge is 0.407 e. The average Bonchev–Trinajstić information content (AvgIpc) is 2.63. The Bertz CT molecular complexity index is 268. The van der Waals surface area contributed by atoms with Gasteiger partial charge in [0.1, 0.15) is 0 Å². The van der Waals surface area contributed by atoms with Crippen molar-refractivity contribution in [3.8, 4) is 0 Å². The molecule has 0 aliphatic carbocycles. The molecule has 0 bridgehead atoms. The molecule has 1 heterocycles. The predicted octanol–water partition coefficient (Wildman–Crippen LogP) is 1.12. The maximum Gasteiger partial charge on any atom is 0.407 e. The molecule has 0 saturated carbocycles. The second kappa shape index (κ2) is 5.58. The van der Waals surface area contributed by atoms with Crippen molar-refractivity contribution in [2.45, 2.75) is 26.3 Å². The summed E-state index contributed by atoms with van der Waals surface area (Å²) in [5, 5.41) is 11.4. The second-order valence-electron chi connectivity index (χ2n) is 4.35. The summed E-state index contributed by atoms with van der Waals surface area (Å²) in [5.41, 5.74) is 0. The molecular weight excluding hydrogens is 212 g/mol. The summed E-state index contributed by atoms with van der Waals surface area (Å²) >= 11 is 0. The van der Waals surface area contributed by atoms with Gasteiger partial charge in [0.05, 0.1) is 12.6 Å². The first-order valence-electron chi connectivity index (χ1n) is 5.40. The lowest BCUT2D eigenvalue weighted by Gasteiger charge is -2.14. The molecule has 0 aromatic rings. The number of nitrogens with zero attached hydrogens (tertiary/aromatic N) is 1. The fourth-order valence-corrected chi connectivity index (χ4v) is 1.50. The number of carboxylic acid groups (broad SMARTS) is 1. The molecule has 16 heavy (non-hydrogen) atoms. The van der Waals surface area contributed by atoms with Gasteiger partial charge in [-0.05, 0) is 12.3 Å². The number of hydrogen-bond acceptors (Lipinski definition) is 3. The van der Waals surface area contributed by atoms with Crippen LogP contribution in [0.25, 0.3) is 0 Å². The third-order valence-corrected chi connectivity index (χ3v) is 2.33. The Morgan fingerprint density at radius 1 is 1.56 bits per heavy atom. The van der Waals surface area contributed by atoms with Crippen LogP contribution in [-0.2, 0) is 4.74 Å². The van der Waals surface area contributed by atoms with Crippen LogP contribution >= 0.6 is 0 Å². The minimum Gasteiger partial charge on any atom is -0.465 e. The molecule has 0 aromatic carbocycles. The van der Waals surface area contributed by atoms with E-state index < -0.39 is 12.2 Å². The lowest BCUT2D eigenvalue weighted by molar-refractivity contribution is 0.128. The largest absolute Gasteiger partial charge is 0.465 e. The van der Waals surface area contributed by atoms with Crippen LogP contribution in [0.3, 0.4) is 0 Å². The molecule has 6 heteroatoms. The van der Waals surface area contributed by atoms with Crippen molar-refractivity contribution in [1.82, 2.24) is 10.2 Å². The molecular formula is C10H18N2O4. The lowest BCUT2D eigenvalue weighted by Crippen LogP contribution is -2.38. The molecule has 0 unspecified atom stereocenters. The molecule has 1 atom stereocenters. The fraction of sp³-hybridized carbons (Fsp3) is 0.800. The van der Waals surface area contributed by atoms with Crippen molar-refractivity contribution >= 4 is 12.2 Å². The molecule has 1 rings (SSSR count). The van der Waals surface area contributed by atoms with Gasteiger partial charge >= 0.3 is 12.2 Å².